The van der Waals surface area contributed by atoms with E-state index in [0.717, 1.165) is 29.8 Å². The van der Waals surface area contributed by atoms with E-state index < -0.39 is 0 Å². The van der Waals surface area contributed by atoms with Crippen LogP contribution in [-0.4, -0.2) is 32.0 Å². The van der Waals surface area contributed by atoms with Crippen molar-refractivity contribution in [3.05, 3.63) is 58.6 Å². The van der Waals surface area contributed by atoms with Crippen LogP contribution < -0.4 is 15.0 Å². The quantitative estimate of drug-likeness (QED) is 0.874. The maximum absolute atomic E-state index is 12.6. The highest BCUT2D eigenvalue weighted by Gasteiger charge is 2.22. The van der Waals surface area contributed by atoms with Crippen molar-refractivity contribution in [3.8, 4) is 5.75 Å². The first-order chi connectivity index (χ1) is 12.6. The lowest BCUT2D eigenvalue weighted by Crippen LogP contribution is -2.37. The Morgan fingerprint density at radius 1 is 1.23 bits per heavy atom. The van der Waals surface area contributed by atoms with E-state index in [1.165, 1.54) is 0 Å². The zero-order chi connectivity index (χ0) is 18.5. The number of aryl methyl sites for hydroxylation is 1. The molecule has 0 unspecified atom stereocenters. The maximum Gasteiger partial charge on any atom is 0.252 e. The molecule has 1 aliphatic rings. The highest BCUT2D eigenvalue weighted by Crippen LogP contribution is 2.30. The molecule has 0 aromatic heterocycles. The average molecular weight is 373 g/mol. The number of nitrogens with one attached hydrogen (secondary N) is 1. The van der Waals surface area contributed by atoms with Gasteiger partial charge in [-0.15, -0.1) is 0 Å². The fraction of sp³-hybridized carbons (Fsp3) is 0.300. The van der Waals surface area contributed by atoms with Gasteiger partial charge in [0.1, 0.15) is 5.75 Å². The van der Waals surface area contributed by atoms with Gasteiger partial charge in [-0.1, -0.05) is 23.7 Å². The molecule has 1 aliphatic heterocycles. The van der Waals surface area contributed by atoms with E-state index in [1.54, 1.807) is 36.3 Å². The Morgan fingerprint density at radius 2 is 2.04 bits per heavy atom. The molecule has 0 bridgehead atoms. The van der Waals surface area contributed by atoms with Crippen molar-refractivity contribution in [2.75, 3.05) is 25.1 Å². The SMILES string of the molecule is COc1ccc2c(c1)CCCN2C(=O)CCNC(=O)c1ccccc1Cl. The van der Waals surface area contributed by atoms with Crippen LogP contribution in [0.25, 0.3) is 0 Å². The fourth-order valence-corrected chi connectivity index (χ4v) is 3.34. The van der Waals surface area contributed by atoms with Gasteiger partial charge in [-0.05, 0) is 48.7 Å². The topological polar surface area (TPSA) is 58.6 Å². The van der Waals surface area contributed by atoms with Crippen LogP contribution >= 0.6 is 11.6 Å². The second kappa shape index (κ2) is 8.23. The van der Waals surface area contributed by atoms with Crippen LogP contribution in [0.4, 0.5) is 5.69 Å². The molecular formula is C20H21ClN2O3. The number of rotatable bonds is 5. The zero-order valence-electron chi connectivity index (χ0n) is 14.6. The third-order valence-corrected chi connectivity index (χ3v) is 4.78. The Balaban J connectivity index is 1.60. The predicted octanol–water partition coefficient (Wildman–Crippen LogP) is 3.45. The number of benzene rings is 2. The van der Waals surface area contributed by atoms with E-state index in [0.29, 0.717) is 17.1 Å². The number of anilines is 1. The summed E-state index contributed by atoms with van der Waals surface area (Å²) in [5, 5.41) is 3.16. The molecule has 2 amide bonds. The van der Waals surface area contributed by atoms with Gasteiger partial charge < -0.3 is 15.0 Å². The second-order valence-electron chi connectivity index (χ2n) is 6.13. The molecular weight excluding hydrogens is 352 g/mol. The van der Waals surface area contributed by atoms with Gasteiger partial charge in [0, 0.05) is 25.2 Å². The van der Waals surface area contributed by atoms with Crippen LogP contribution in [0.3, 0.4) is 0 Å². The molecule has 6 heteroatoms. The monoisotopic (exact) mass is 372 g/mol. The van der Waals surface area contributed by atoms with Gasteiger partial charge in [-0.3, -0.25) is 9.59 Å². The Kier molecular flexibility index (Phi) is 5.78. The number of fused-ring (bicyclic) bond motifs is 1. The van der Waals surface area contributed by atoms with Crippen LogP contribution in [0.1, 0.15) is 28.8 Å². The van der Waals surface area contributed by atoms with E-state index in [2.05, 4.69) is 5.32 Å². The summed E-state index contributed by atoms with van der Waals surface area (Å²) in [5.41, 5.74) is 2.46. The number of amides is 2. The van der Waals surface area contributed by atoms with Gasteiger partial charge in [0.25, 0.3) is 5.91 Å². The lowest BCUT2D eigenvalue weighted by molar-refractivity contribution is -0.118. The molecule has 1 N–H and O–H groups in total. The van der Waals surface area contributed by atoms with Gasteiger partial charge in [-0.2, -0.15) is 0 Å². The molecule has 0 atom stereocenters. The van der Waals surface area contributed by atoms with E-state index in [9.17, 15) is 9.59 Å². The largest absolute Gasteiger partial charge is 0.497 e. The Bertz CT molecular complexity index is 822. The summed E-state index contributed by atoms with van der Waals surface area (Å²) in [7, 11) is 1.63. The standard InChI is InChI=1S/C20H21ClN2O3/c1-26-15-8-9-18-14(13-15)5-4-12-23(18)19(24)10-11-22-20(25)16-6-2-3-7-17(16)21/h2-3,6-9,13H,4-5,10-12H2,1H3,(H,22,25). The van der Waals surface area contributed by atoms with Gasteiger partial charge in [-0.25, -0.2) is 0 Å². The normalized spacial score (nSPS) is 13.1. The number of halogens is 1. The molecule has 5 nitrogen and oxygen atoms in total. The fourth-order valence-electron chi connectivity index (χ4n) is 3.12. The third kappa shape index (κ3) is 3.99. The van der Waals surface area contributed by atoms with Crippen LogP contribution in [0.5, 0.6) is 5.75 Å². The lowest BCUT2D eigenvalue weighted by atomic mass is 10.0. The minimum Gasteiger partial charge on any atom is -0.497 e. The number of ether oxygens (including phenoxy) is 1. The minimum absolute atomic E-state index is 0.00410. The molecule has 0 saturated heterocycles. The Hall–Kier alpha value is -2.53. The van der Waals surface area contributed by atoms with Crippen LogP contribution in [-0.2, 0) is 11.2 Å². The molecule has 1 heterocycles. The highest BCUT2D eigenvalue weighted by molar-refractivity contribution is 6.33. The van der Waals surface area contributed by atoms with E-state index in [1.807, 2.05) is 18.2 Å². The van der Waals surface area contributed by atoms with E-state index >= 15 is 0 Å². The van der Waals surface area contributed by atoms with Crippen molar-refractivity contribution in [1.29, 1.82) is 0 Å². The molecule has 0 aliphatic carbocycles. The van der Waals surface area contributed by atoms with E-state index in [-0.39, 0.29) is 24.8 Å². The summed E-state index contributed by atoms with van der Waals surface area (Å²) < 4.78 is 5.26. The van der Waals surface area contributed by atoms with Gasteiger partial charge in [0.2, 0.25) is 5.91 Å². The molecule has 3 rings (SSSR count). The number of methoxy groups -OCH3 is 1. The number of hydrogen-bond acceptors (Lipinski definition) is 3. The Morgan fingerprint density at radius 3 is 2.81 bits per heavy atom. The first kappa shape index (κ1) is 18.3. The predicted molar refractivity (Wildman–Crippen MR) is 102 cm³/mol. The first-order valence-corrected chi connectivity index (χ1v) is 8.98. The molecule has 0 saturated carbocycles. The smallest absolute Gasteiger partial charge is 0.252 e. The average Bonchev–Trinajstić information content (AvgIpc) is 2.67. The third-order valence-electron chi connectivity index (χ3n) is 4.45. The number of nitrogens with zero attached hydrogens (tertiary/aromatic N) is 1. The number of hydrogen-bond donors (Lipinski definition) is 1. The molecule has 2 aromatic rings. The van der Waals surface area contributed by atoms with Gasteiger partial charge >= 0.3 is 0 Å². The number of carbonyl (C=O) groups is 2. The van der Waals surface area contributed by atoms with Crippen molar-refractivity contribution >= 4 is 29.1 Å². The molecule has 0 radical (unpaired) electrons. The molecule has 0 spiro atoms. The van der Waals surface area contributed by atoms with Crippen molar-refractivity contribution < 1.29 is 14.3 Å². The number of carbonyl (C=O) groups excluding carboxylic acids is 2. The first-order valence-electron chi connectivity index (χ1n) is 8.60. The lowest BCUT2D eigenvalue weighted by Gasteiger charge is -2.30. The summed E-state index contributed by atoms with van der Waals surface area (Å²) in [4.78, 5) is 26.6. The summed E-state index contributed by atoms with van der Waals surface area (Å²) in [6.45, 7) is 0.960. The van der Waals surface area contributed by atoms with Gasteiger partial charge in [0.05, 0.1) is 17.7 Å². The van der Waals surface area contributed by atoms with Crippen molar-refractivity contribution in [3.63, 3.8) is 0 Å². The van der Waals surface area contributed by atoms with E-state index in [4.69, 9.17) is 16.3 Å². The molecule has 2 aromatic carbocycles. The van der Waals surface area contributed by atoms with Crippen molar-refractivity contribution in [1.82, 2.24) is 5.32 Å². The summed E-state index contributed by atoms with van der Waals surface area (Å²) in [6.07, 6.45) is 2.08. The highest BCUT2D eigenvalue weighted by atomic mass is 35.5. The molecule has 136 valence electrons. The summed E-state index contributed by atoms with van der Waals surface area (Å²) in [5.74, 6) is 0.521. The van der Waals surface area contributed by atoms with Gasteiger partial charge in [0.15, 0.2) is 0 Å². The summed E-state index contributed by atoms with van der Waals surface area (Å²) in [6, 6.07) is 12.6. The summed E-state index contributed by atoms with van der Waals surface area (Å²) >= 11 is 6.02. The minimum atomic E-state index is -0.271. The van der Waals surface area contributed by atoms with Crippen LogP contribution in [0.15, 0.2) is 42.5 Å². The Labute approximate surface area is 157 Å². The molecule has 26 heavy (non-hydrogen) atoms. The molecule has 0 fully saturated rings. The van der Waals surface area contributed by atoms with Crippen LogP contribution in [0, 0.1) is 0 Å². The zero-order valence-corrected chi connectivity index (χ0v) is 15.4. The van der Waals surface area contributed by atoms with Crippen molar-refractivity contribution in [2.45, 2.75) is 19.3 Å². The second-order valence-corrected chi connectivity index (χ2v) is 6.54. The van der Waals surface area contributed by atoms with Crippen molar-refractivity contribution in [2.24, 2.45) is 0 Å². The maximum atomic E-state index is 12.6. The van der Waals surface area contributed by atoms with Crippen LogP contribution in [0.2, 0.25) is 5.02 Å².